The third-order valence-corrected chi connectivity index (χ3v) is 2.75. The molecule has 0 bridgehead atoms. The number of carbonyl (C=O) groups excluding carboxylic acids is 1. The Morgan fingerprint density at radius 1 is 1.53 bits per heavy atom. The summed E-state index contributed by atoms with van der Waals surface area (Å²) < 4.78 is 5.69. The van der Waals surface area contributed by atoms with E-state index in [-0.39, 0.29) is 11.9 Å². The van der Waals surface area contributed by atoms with Crippen molar-refractivity contribution in [1.29, 1.82) is 0 Å². The molecule has 0 radical (unpaired) electrons. The summed E-state index contributed by atoms with van der Waals surface area (Å²) in [5, 5.41) is 2.70. The van der Waals surface area contributed by atoms with E-state index < -0.39 is 6.10 Å². The lowest BCUT2D eigenvalue weighted by molar-refractivity contribution is -0.127. The van der Waals surface area contributed by atoms with Crippen LogP contribution in [0.25, 0.3) is 0 Å². The molecular weight excluding hydrogens is 240 g/mol. The highest BCUT2D eigenvalue weighted by atomic mass is 16.5. The average Bonchev–Trinajstić information content (AvgIpc) is 2.37. The standard InChI is InChI=1S/C15H22N2O2/c1-5-8-17-15(18)12(4)19-14-7-6-10(2)9-13(14)11(3)16/h5-7,9,11-12H,1,8,16H2,2-4H3,(H,17,18)/t11-,12?/m0/s1. The molecule has 3 N–H and O–H groups in total. The van der Waals surface area contributed by atoms with Gasteiger partial charge in [0.1, 0.15) is 5.75 Å². The van der Waals surface area contributed by atoms with Crippen LogP contribution in [-0.2, 0) is 4.79 Å². The zero-order chi connectivity index (χ0) is 14.4. The van der Waals surface area contributed by atoms with Crippen molar-refractivity contribution in [2.45, 2.75) is 32.9 Å². The number of ether oxygens (including phenoxy) is 1. The molecular formula is C15H22N2O2. The van der Waals surface area contributed by atoms with Crippen molar-refractivity contribution < 1.29 is 9.53 Å². The Morgan fingerprint density at radius 2 is 2.21 bits per heavy atom. The molecule has 4 heteroatoms. The van der Waals surface area contributed by atoms with E-state index >= 15 is 0 Å². The van der Waals surface area contributed by atoms with E-state index in [0.717, 1.165) is 11.1 Å². The quantitative estimate of drug-likeness (QED) is 0.771. The van der Waals surface area contributed by atoms with Gasteiger partial charge in [-0.15, -0.1) is 6.58 Å². The van der Waals surface area contributed by atoms with Crippen molar-refractivity contribution in [3.63, 3.8) is 0 Å². The van der Waals surface area contributed by atoms with Crippen LogP contribution >= 0.6 is 0 Å². The molecule has 0 aliphatic heterocycles. The van der Waals surface area contributed by atoms with Crippen LogP contribution in [0.2, 0.25) is 0 Å². The minimum absolute atomic E-state index is 0.140. The maximum Gasteiger partial charge on any atom is 0.261 e. The van der Waals surface area contributed by atoms with Crippen molar-refractivity contribution >= 4 is 5.91 Å². The van der Waals surface area contributed by atoms with Crippen molar-refractivity contribution in [3.8, 4) is 5.75 Å². The predicted molar refractivity (Wildman–Crippen MR) is 77.1 cm³/mol. The van der Waals surface area contributed by atoms with Gasteiger partial charge in [0.05, 0.1) is 0 Å². The minimum atomic E-state index is -0.569. The summed E-state index contributed by atoms with van der Waals surface area (Å²) in [6.07, 6.45) is 1.06. The molecule has 1 rings (SSSR count). The largest absolute Gasteiger partial charge is 0.481 e. The van der Waals surface area contributed by atoms with E-state index in [0.29, 0.717) is 12.3 Å². The fourth-order valence-corrected chi connectivity index (χ4v) is 1.69. The van der Waals surface area contributed by atoms with Crippen molar-refractivity contribution in [3.05, 3.63) is 42.0 Å². The van der Waals surface area contributed by atoms with E-state index in [4.69, 9.17) is 10.5 Å². The number of amides is 1. The number of carbonyl (C=O) groups is 1. The highest BCUT2D eigenvalue weighted by Crippen LogP contribution is 2.25. The second kappa shape index (κ2) is 6.95. The van der Waals surface area contributed by atoms with Gasteiger partial charge in [-0.1, -0.05) is 23.8 Å². The Balaban J connectivity index is 2.81. The van der Waals surface area contributed by atoms with Gasteiger partial charge in [-0.05, 0) is 26.8 Å². The van der Waals surface area contributed by atoms with Gasteiger partial charge in [-0.3, -0.25) is 4.79 Å². The molecule has 0 heterocycles. The molecule has 0 spiro atoms. The molecule has 2 atom stereocenters. The molecule has 104 valence electrons. The summed E-state index contributed by atoms with van der Waals surface area (Å²) in [7, 11) is 0. The monoisotopic (exact) mass is 262 g/mol. The summed E-state index contributed by atoms with van der Waals surface area (Å²) in [5.74, 6) is 0.484. The Labute approximate surface area is 114 Å². The SMILES string of the molecule is C=CCNC(=O)C(C)Oc1ccc(C)cc1[C@H](C)N. The molecule has 0 aromatic heterocycles. The van der Waals surface area contributed by atoms with Gasteiger partial charge in [-0.2, -0.15) is 0 Å². The molecule has 1 unspecified atom stereocenters. The number of hydrogen-bond acceptors (Lipinski definition) is 3. The maximum atomic E-state index is 11.7. The molecule has 19 heavy (non-hydrogen) atoms. The Bertz CT molecular complexity index is 455. The fourth-order valence-electron chi connectivity index (χ4n) is 1.69. The summed E-state index contributed by atoms with van der Waals surface area (Å²) in [4.78, 5) is 11.7. The maximum absolute atomic E-state index is 11.7. The summed E-state index contributed by atoms with van der Waals surface area (Å²) >= 11 is 0. The first-order valence-corrected chi connectivity index (χ1v) is 6.37. The molecule has 1 aromatic rings. The average molecular weight is 262 g/mol. The molecule has 0 aliphatic rings. The molecule has 0 saturated carbocycles. The Kier molecular flexibility index (Phi) is 5.57. The van der Waals surface area contributed by atoms with Gasteiger partial charge in [-0.25, -0.2) is 0 Å². The number of nitrogens with one attached hydrogen (secondary N) is 1. The second-order valence-electron chi connectivity index (χ2n) is 4.62. The fraction of sp³-hybridized carbons (Fsp3) is 0.400. The van der Waals surface area contributed by atoms with Crippen molar-refractivity contribution in [2.75, 3.05) is 6.54 Å². The van der Waals surface area contributed by atoms with Crippen LogP contribution < -0.4 is 15.8 Å². The topological polar surface area (TPSA) is 64.3 Å². The molecule has 0 fully saturated rings. The number of benzene rings is 1. The first kappa shape index (κ1) is 15.2. The molecule has 0 aliphatic carbocycles. The third kappa shape index (κ3) is 4.41. The van der Waals surface area contributed by atoms with Gasteiger partial charge >= 0.3 is 0 Å². The Hall–Kier alpha value is -1.81. The van der Waals surface area contributed by atoms with Crippen LogP contribution in [-0.4, -0.2) is 18.6 Å². The number of rotatable bonds is 6. The van der Waals surface area contributed by atoms with Crippen molar-refractivity contribution in [1.82, 2.24) is 5.32 Å². The first-order chi connectivity index (χ1) is 8.95. The van der Waals surface area contributed by atoms with Crippen LogP contribution in [0.15, 0.2) is 30.9 Å². The summed E-state index contributed by atoms with van der Waals surface area (Å²) in [6, 6.07) is 5.63. The highest BCUT2D eigenvalue weighted by Gasteiger charge is 2.16. The smallest absolute Gasteiger partial charge is 0.261 e. The summed E-state index contributed by atoms with van der Waals surface area (Å²) in [6.45, 7) is 9.58. The van der Waals surface area contributed by atoms with E-state index in [2.05, 4.69) is 11.9 Å². The predicted octanol–water partition coefficient (Wildman–Crippen LogP) is 2.08. The normalized spacial score (nSPS) is 13.5. The van der Waals surface area contributed by atoms with Gasteiger partial charge in [0.2, 0.25) is 0 Å². The van der Waals surface area contributed by atoms with Crippen LogP contribution in [0.1, 0.15) is 31.0 Å². The molecule has 1 aromatic carbocycles. The van der Waals surface area contributed by atoms with Gasteiger partial charge in [0, 0.05) is 18.2 Å². The number of hydrogen-bond donors (Lipinski definition) is 2. The Morgan fingerprint density at radius 3 is 2.79 bits per heavy atom. The van der Waals surface area contributed by atoms with Crippen LogP contribution in [0, 0.1) is 6.92 Å². The third-order valence-electron chi connectivity index (χ3n) is 2.75. The second-order valence-corrected chi connectivity index (χ2v) is 4.62. The number of aryl methyl sites for hydroxylation is 1. The molecule has 4 nitrogen and oxygen atoms in total. The van der Waals surface area contributed by atoms with Gasteiger partial charge in [0.15, 0.2) is 6.10 Å². The van der Waals surface area contributed by atoms with E-state index in [9.17, 15) is 4.79 Å². The zero-order valence-corrected chi connectivity index (χ0v) is 11.8. The van der Waals surface area contributed by atoms with Gasteiger partial charge in [0.25, 0.3) is 5.91 Å². The van der Waals surface area contributed by atoms with Crippen LogP contribution in [0.4, 0.5) is 0 Å². The first-order valence-electron chi connectivity index (χ1n) is 6.37. The van der Waals surface area contributed by atoms with E-state index in [1.54, 1.807) is 13.0 Å². The summed E-state index contributed by atoms with van der Waals surface area (Å²) in [5.41, 5.74) is 7.94. The lowest BCUT2D eigenvalue weighted by Crippen LogP contribution is -2.36. The highest BCUT2D eigenvalue weighted by molar-refractivity contribution is 5.80. The minimum Gasteiger partial charge on any atom is -0.481 e. The molecule has 0 saturated heterocycles. The van der Waals surface area contributed by atoms with Gasteiger partial charge < -0.3 is 15.8 Å². The van der Waals surface area contributed by atoms with Crippen LogP contribution in [0.5, 0.6) is 5.75 Å². The molecule has 1 amide bonds. The van der Waals surface area contributed by atoms with E-state index in [1.165, 1.54) is 0 Å². The number of nitrogens with two attached hydrogens (primary N) is 1. The van der Waals surface area contributed by atoms with E-state index in [1.807, 2.05) is 32.0 Å². The lowest BCUT2D eigenvalue weighted by Gasteiger charge is -2.19. The van der Waals surface area contributed by atoms with Crippen LogP contribution in [0.3, 0.4) is 0 Å². The zero-order valence-electron chi connectivity index (χ0n) is 11.8. The lowest BCUT2D eigenvalue weighted by atomic mass is 10.1. The van der Waals surface area contributed by atoms with Crippen molar-refractivity contribution in [2.24, 2.45) is 5.73 Å².